The van der Waals surface area contributed by atoms with Gasteiger partial charge in [0.05, 0.1) is 7.11 Å². The minimum Gasteiger partial charge on any atom is -0.497 e. The highest BCUT2D eigenvalue weighted by Gasteiger charge is 2.08. The number of halogens is 1. The monoisotopic (exact) mass is 353 g/mol. The molecule has 0 saturated heterocycles. The van der Waals surface area contributed by atoms with Gasteiger partial charge in [-0.25, -0.2) is 4.98 Å². The molecule has 1 amide bonds. The van der Waals surface area contributed by atoms with E-state index in [0.29, 0.717) is 22.1 Å². The Morgan fingerprint density at radius 1 is 1.04 bits per heavy atom. The van der Waals surface area contributed by atoms with E-state index in [2.05, 4.69) is 15.6 Å². The van der Waals surface area contributed by atoms with E-state index in [1.165, 1.54) is 0 Å². The predicted octanol–water partition coefficient (Wildman–Crippen LogP) is 4.74. The van der Waals surface area contributed by atoms with Gasteiger partial charge in [-0.3, -0.25) is 4.79 Å². The van der Waals surface area contributed by atoms with E-state index in [1.54, 1.807) is 61.8 Å². The predicted molar refractivity (Wildman–Crippen MR) is 99.9 cm³/mol. The number of carbonyl (C=O) groups excluding carboxylic acids is 1. The molecule has 5 nitrogen and oxygen atoms in total. The maximum absolute atomic E-state index is 12.4. The van der Waals surface area contributed by atoms with Gasteiger partial charge in [0.2, 0.25) is 0 Å². The van der Waals surface area contributed by atoms with Crippen LogP contribution in [-0.2, 0) is 0 Å². The second-order valence-electron chi connectivity index (χ2n) is 5.25. The third-order valence-electron chi connectivity index (χ3n) is 3.47. The summed E-state index contributed by atoms with van der Waals surface area (Å²) in [6.07, 6.45) is 1.58. The van der Waals surface area contributed by atoms with E-state index in [-0.39, 0.29) is 5.91 Å². The lowest BCUT2D eigenvalue weighted by Gasteiger charge is -2.09. The van der Waals surface area contributed by atoms with Gasteiger partial charge in [-0.05, 0) is 54.6 Å². The molecule has 25 heavy (non-hydrogen) atoms. The lowest BCUT2D eigenvalue weighted by Crippen LogP contribution is -2.12. The Bertz CT molecular complexity index is 882. The molecule has 3 rings (SSSR count). The Hall–Kier alpha value is -3.05. The average molecular weight is 354 g/mol. The van der Waals surface area contributed by atoms with Crippen molar-refractivity contribution >= 4 is 34.7 Å². The van der Waals surface area contributed by atoms with Crippen LogP contribution in [0.15, 0.2) is 66.9 Å². The third kappa shape index (κ3) is 4.49. The van der Waals surface area contributed by atoms with Crippen molar-refractivity contribution < 1.29 is 9.53 Å². The lowest BCUT2D eigenvalue weighted by molar-refractivity contribution is 0.102. The number of ether oxygens (including phenoxy) is 1. The van der Waals surface area contributed by atoms with Gasteiger partial charge in [-0.1, -0.05) is 17.7 Å². The van der Waals surface area contributed by atoms with Gasteiger partial charge in [0.1, 0.15) is 11.6 Å². The second-order valence-corrected chi connectivity index (χ2v) is 5.68. The normalized spacial score (nSPS) is 10.2. The molecule has 1 aromatic heterocycles. The van der Waals surface area contributed by atoms with Crippen molar-refractivity contribution in [2.45, 2.75) is 0 Å². The molecule has 0 saturated carbocycles. The standard InChI is InChI=1S/C19H16ClN3O2/c1-25-17-7-5-15(6-8-17)23-19(24)13-9-10-21-18(11-13)22-16-4-2-3-14(20)12-16/h2-12H,1H3,(H,21,22)(H,23,24). The number of carbonyl (C=O) groups is 1. The van der Waals surface area contributed by atoms with Crippen LogP contribution in [0.4, 0.5) is 17.2 Å². The van der Waals surface area contributed by atoms with Gasteiger partial charge in [-0.2, -0.15) is 0 Å². The SMILES string of the molecule is COc1ccc(NC(=O)c2ccnc(Nc3cccc(Cl)c3)c2)cc1. The Kier molecular flexibility index (Phi) is 5.16. The zero-order valence-corrected chi connectivity index (χ0v) is 14.2. The van der Waals surface area contributed by atoms with Gasteiger partial charge < -0.3 is 15.4 Å². The summed E-state index contributed by atoms with van der Waals surface area (Å²) in [4.78, 5) is 16.6. The molecular weight excluding hydrogens is 338 g/mol. The van der Waals surface area contributed by atoms with Crippen LogP contribution in [0.3, 0.4) is 0 Å². The summed E-state index contributed by atoms with van der Waals surface area (Å²) in [5.74, 6) is 1.07. The number of amides is 1. The molecule has 0 aliphatic carbocycles. The number of hydrogen-bond donors (Lipinski definition) is 2. The van der Waals surface area contributed by atoms with Crippen molar-refractivity contribution in [2.75, 3.05) is 17.7 Å². The van der Waals surface area contributed by atoms with E-state index < -0.39 is 0 Å². The van der Waals surface area contributed by atoms with Crippen LogP contribution < -0.4 is 15.4 Å². The molecule has 3 aromatic rings. The zero-order valence-electron chi connectivity index (χ0n) is 13.5. The van der Waals surface area contributed by atoms with Crippen LogP contribution >= 0.6 is 11.6 Å². The number of nitrogens with one attached hydrogen (secondary N) is 2. The first-order chi connectivity index (χ1) is 12.1. The molecule has 0 radical (unpaired) electrons. The number of methoxy groups -OCH3 is 1. The molecule has 126 valence electrons. The highest BCUT2D eigenvalue weighted by molar-refractivity contribution is 6.30. The number of hydrogen-bond acceptors (Lipinski definition) is 4. The van der Waals surface area contributed by atoms with Crippen LogP contribution in [0.25, 0.3) is 0 Å². The summed E-state index contributed by atoms with van der Waals surface area (Å²) in [7, 11) is 1.60. The first-order valence-electron chi connectivity index (χ1n) is 7.58. The molecular formula is C19H16ClN3O2. The third-order valence-corrected chi connectivity index (χ3v) is 3.70. The van der Waals surface area contributed by atoms with Gasteiger partial charge >= 0.3 is 0 Å². The molecule has 2 N–H and O–H groups in total. The van der Waals surface area contributed by atoms with E-state index in [0.717, 1.165) is 11.4 Å². The summed E-state index contributed by atoms with van der Waals surface area (Å²) in [6, 6.07) is 17.8. The topological polar surface area (TPSA) is 63.2 Å². The quantitative estimate of drug-likeness (QED) is 0.695. The molecule has 0 bridgehead atoms. The smallest absolute Gasteiger partial charge is 0.255 e. The Morgan fingerprint density at radius 3 is 2.56 bits per heavy atom. The van der Waals surface area contributed by atoms with Crippen LogP contribution in [0.1, 0.15) is 10.4 Å². The summed E-state index contributed by atoms with van der Waals surface area (Å²) in [5, 5.41) is 6.59. The Morgan fingerprint density at radius 2 is 1.84 bits per heavy atom. The van der Waals surface area contributed by atoms with E-state index in [4.69, 9.17) is 16.3 Å². The summed E-state index contributed by atoms with van der Waals surface area (Å²) in [5.41, 5.74) is 1.98. The van der Waals surface area contributed by atoms with Crippen LogP contribution in [0, 0.1) is 0 Å². The lowest BCUT2D eigenvalue weighted by atomic mass is 10.2. The molecule has 0 aliphatic rings. The highest BCUT2D eigenvalue weighted by Crippen LogP contribution is 2.20. The fourth-order valence-electron chi connectivity index (χ4n) is 2.23. The molecule has 6 heteroatoms. The molecule has 1 heterocycles. The maximum Gasteiger partial charge on any atom is 0.255 e. The molecule has 0 spiro atoms. The van der Waals surface area contributed by atoms with Gasteiger partial charge in [-0.15, -0.1) is 0 Å². The van der Waals surface area contributed by atoms with E-state index in [1.807, 2.05) is 12.1 Å². The minimum absolute atomic E-state index is 0.221. The average Bonchev–Trinajstić information content (AvgIpc) is 2.62. The first-order valence-corrected chi connectivity index (χ1v) is 7.96. The van der Waals surface area contributed by atoms with Crippen molar-refractivity contribution in [1.29, 1.82) is 0 Å². The second kappa shape index (κ2) is 7.68. The first kappa shape index (κ1) is 16.8. The zero-order chi connectivity index (χ0) is 17.6. The van der Waals surface area contributed by atoms with Crippen molar-refractivity contribution in [3.8, 4) is 5.75 Å². The van der Waals surface area contributed by atoms with Crippen LogP contribution in [0.2, 0.25) is 5.02 Å². The Labute approximate surface area is 150 Å². The number of nitrogens with zero attached hydrogens (tertiary/aromatic N) is 1. The maximum atomic E-state index is 12.4. The molecule has 0 fully saturated rings. The summed E-state index contributed by atoms with van der Waals surface area (Å²) in [6.45, 7) is 0. The van der Waals surface area contributed by atoms with Gasteiger partial charge in [0.15, 0.2) is 0 Å². The van der Waals surface area contributed by atoms with Crippen molar-refractivity contribution in [2.24, 2.45) is 0 Å². The number of pyridine rings is 1. The van der Waals surface area contributed by atoms with E-state index in [9.17, 15) is 4.79 Å². The summed E-state index contributed by atoms with van der Waals surface area (Å²) < 4.78 is 5.10. The number of aromatic nitrogens is 1. The van der Waals surface area contributed by atoms with Crippen LogP contribution in [-0.4, -0.2) is 18.0 Å². The van der Waals surface area contributed by atoms with Crippen molar-refractivity contribution in [3.63, 3.8) is 0 Å². The molecule has 0 aliphatic heterocycles. The fraction of sp³-hybridized carbons (Fsp3) is 0.0526. The van der Waals surface area contributed by atoms with E-state index >= 15 is 0 Å². The number of anilines is 3. The molecule has 2 aromatic carbocycles. The Balaban J connectivity index is 1.72. The van der Waals surface area contributed by atoms with Gasteiger partial charge in [0.25, 0.3) is 5.91 Å². The number of rotatable bonds is 5. The molecule has 0 unspecified atom stereocenters. The minimum atomic E-state index is -0.221. The largest absolute Gasteiger partial charge is 0.497 e. The fourth-order valence-corrected chi connectivity index (χ4v) is 2.42. The molecule has 0 atom stereocenters. The van der Waals surface area contributed by atoms with Crippen LogP contribution in [0.5, 0.6) is 5.75 Å². The number of benzene rings is 2. The van der Waals surface area contributed by atoms with Gasteiger partial charge in [0, 0.05) is 28.2 Å². The van der Waals surface area contributed by atoms with Crippen molar-refractivity contribution in [1.82, 2.24) is 4.98 Å². The summed E-state index contributed by atoms with van der Waals surface area (Å²) >= 11 is 5.97. The van der Waals surface area contributed by atoms with Crippen molar-refractivity contribution in [3.05, 3.63) is 77.4 Å². The highest BCUT2D eigenvalue weighted by atomic mass is 35.5.